The van der Waals surface area contributed by atoms with Gasteiger partial charge in [0.05, 0.1) is 11.9 Å². The lowest BCUT2D eigenvalue weighted by Crippen LogP contribution is -1.89. The van der Waals surface area contributed by atoms with Crippen molar-refractivity contribution in [1.29, 1.82) is 0 Å². The second kappa shape index (κ2) is 5.36. The summed E-state index contributed by atoms with van der Waals surface area (Å²) in [6.45, 7) is 4.32. The summed E-state index contributed by atoms with van der Waals surface area (Å²) < 4.78 is 5.26. The molecular formula is C16H16N4O. The minimum atomic E-state index is 0.387. The van der Waals surface area contributed by atoms with Crippen LogP contribution in [0.5, 0.6) is 0 Å². The molecule has 0 aliphatic heterocycles. The lowest BCUT2D eigenvalue weighted by molar-refractivity contribution is 0.431. The van der Waals surface area contributed by atoms with Crippen LogP contribution < -0.4 is 5.73 Å². The molecule has 0 bridgehead atoms. The van der Waals surface area contributed by atoms with Gasteiger partial charge in [0.1, 0.15) is 5.69 Å². The van der Waals surface area contributed by atoms with E-state index in [1.165, 1.54) is 5.56 Å². The Balaban J connectivity index is 1.89. The standard InChI is InChI=1S/C16H16N4O/c1-10(2)11-3-5-12(6-4-11)15-19-16(21-20-15)14-8-7-13(17)9-18-14/h3-10H,17H2,1-2H3. The zero-order valence-corrected chi connectivity index (χ0v) is 11.9. The van der Waals surface area contributed by atoms with Crippen molar-refractivity contribution < 1.29 is 4.52 Å². The topological polar surface area (TPSA) is 77.8 Å². The molecule has 1 aromatic carbocycles. The first-order valence-corrected chi connectivity index (χ1v) is 6.79. The maximum Gasteiger partial charge on any atom is 0.276 e. The van der Waals surface area contributed by atoms with Crippen molar-refractivity contribution in [3.8, 4) is 23.0 Å². The fourth-order valence-corrected chi connectivity index (χ4v) is 1.99. The number of nitrogens with two attached hydrogens (primary N) is 1. The van der Waals surface area contributed by atoms with E-state index in [1.807, 2.05) is 12.1 Å². The number of hydrogen-bond acceptors (Lipinski definition) is 5. The van der Waals surface area contributed by atoms with Crippen LogP contribution in [0, 0.1) is 0 Å². The Kier molecular flexibility index (Phi) is 3.39. The van der Waals surface area contributed by atoms with E-state index in [-0.39, 0.29) is 0 Å². The maximum absolute atomic E-state index is 5.61. The predicted octanol–water partition coefficient (Wildman–Crippen LogP) is 3.50. The van der Waals surface area contributed by atoms with E-state index >= 15 is 0 Å². The number of rotatable bonds is 3. The van der Waals surface area contributed by atoms with Gasteiger partial charge in [-0.05, 0) is 23.6 Å². The van der Waals surface area contributed by atoms with Gasteiger partial charge in [-0.15, -0.1) is 0 Å². The van der Waals surface area contributed by atoms with Crippen LogP contribution in [0.25, 0.3) is 23.0 Å². The normalized spacial score (nSPS) is 11.0. The lowest BCUT2D eigenvalue weighted by Gasteiger charge is -2.04. The quantitative estimate of drug-likeness (QED) is 0.794. The Morgan fingerprint density at radius 1 is 1.05 bits per heavy atom. The Morgan fingerprint density at radius 3 is 2.43 bits per heavy atom. The number of anilines is 1. The molecule has 3 rings (SSSR count). The molecule has 0 aliphatic carbocycles. The second-order valence-corrected chi connectivity index (χ2v) is 5.18. The minimum Gasteiger partial charge on any atom is -0.397 e. The molecule has 2 N–H and O–H groups in total. The predicted molar refractivity (Wildman–Crippen MR) is 81.5 cm³/mol. The number of aromatic nitrogens is 3. The highest BCUT2D eigenvalue weighted by molar-refractivity contribution is 5.58. The summed E-state index contributed by atoms with van der Waals surface area (Å²) in [5.41, 5.74) is 9.02. The van der Waals surface area contributed by atoms with Crippen LogP contribution >= 0.6 is 0 Å². The van der Waals surface area contributed by atoms with Crippen LogP contribution in [0.2, 0.25) is 0 Å². The summed E-state index contributed by atoms with van der Waals surface area (Å²) in [6, 6.07) is 11.7. The van der Waals surface area contributed by atoms with E-state index in [2.05, 4.69) is 41.1 Å². The SMILES string of the molecule is CC(C)c1ccc(-c2noc(-c3ccc(N)cn3)n2)cc1. The van der Waals surface area contributed by atoms with Gasteiger partial charge in [-0.1, -0.05) is 43.3 Å². The van der Waals surface area contributed by atoms with Crippen molar-refractivity contribution >= 4 is 5.69 Å². The summed E-state index contributed by atoms with van der Waals surface area (Å²) >= 11 is 0. The molecule has 0 atom stereocenters. The van der Waals surface area contributed by atoms with Gasteiger partial charge < -0.3 is 10.3 Å². The van der Waals surface area contributed by atoms with Crippen molar-refractivity contribution in [1.82, 2.24) is 15.1 Å². The van der Waals surface area contributed by atoms with Crippen molar-refractivity contribution in [2.24, 2.45) is 0 Å². The summed E-state index contributed by atoms with van der Waals surface area (Å²) in [6.07, 6.45) is 1.57. The minimum absolute atomic E-state index is 0.387. The van der Waals surface area contributed by atoms with Crippen LogP contribution in [-0.2, 0) is 0 Å². The van der Waals surface area contributed by atoms with E-state index in [0.29, 0.717) is 29.0 Å². The molecule has 5 nitrogen and oxygen atoms in total. The van der Waals surface area contributed by atoms with Crippen LogP contribution in [0.15, 0.2) is 47.1 Å². The van der Waals surface area contributed by atoms with E-state index in [1.54, 1.807) is 18.3 Å². The fourth-order valence-electron chi connectivity index (χ4n) is 1.99. The highest BCUT2D eigenvalue weighted by atomic mass is 16.5. The molecule has 2 heterocycles. The van der Waals surface area contributed by atoms with Crippen LogP contribution in [0.3, 0.4) is 0 Å². The van der Waals surface area contributed by atoms with Gasteiger partial charge in [-0.25, -0.2) is 4.98 Å². The molecule has 21 heavy (non-hydrogen) atoms. The summed E-state index contributed by atoms with van der Waals surface area (Å²) in [4.78, 5) is 8.55. The largest absolute Gasteiger partial charge is 0.397 e. The molecular weight excluding hydrogens is 264 g/mol. The monoisotopic (exact) mass is 280 g/mol. The molecule has 0 radical (unpaired) electrons. The molecule has 5 heteroatoms. The summed E-state index contributed by atoms with van der Waals surface area (Å²) in [5, 5.41) is 4.00. The Morgan fingerprint density at radius 2 is 1.81 bits per heavy atom. The molecule has 0 spiro atoms. The zero-order valence-electron chi connectivity index (χ0n) is 11.9. The number of nitrogen functional groups attached to an aromatic ring is 1. The first-order valence-electron chi connectivity index (χ1n) is 6.79. The Bertz CT molecular complexity index is 730. The molecule has 0 saturated heterocycles. The smallest absolute Gasteiger partial charge is 0.276 e. The highest BCUT2D eigenvalue weighted by Gasteiger charge is 2.11. The van der Waals surface area contributed by atoms with Crippen LogP contribution in [-0.4, -0.2) is 15.1 Å². The molecule has 0 unspecified atom stereocenters. The molecule has 0 saturated carbocycles. The number of benzene rings is 1. The van der Waals surface area contributed by atoms with Crippen molar-refractivity contribution in [2.75, 3.05) is 5.73 Å². The first kappa shape index (κ1) is 13.3. The van der Waals surface area contributed by atoms with Crippen molar-refractivity contribution in [3.05, 3.63) is 48.2 Å². The molecule has 0 aliphatic rings. The number of nitrogens with zero attached hydrogens (tertiary/aromatic N) is 3. The third-order valence-electron chi connectivity index (χ3n) is 3.27. The van der Waals surface area contributed by atoms with Crippen LogP contribution in [0.4, 0.5) is 5.69 Å². The van der Waals surface area contributed by atoms with E-state index in [9.17, 15) is 0 Å². The Hall–Kier alpha value is -2.69. The van der Waals surface area contributed by atoms with E-state index in [0.717, 1.165) is 5.56 Å². The third kappa shape index (κ3) is 2.76. The molecule has 0 fully saturated rings. The molecule has 3 aromatic rings. The third-order valence-corrected chi connectivity index (χ3v) is 3.27. The summed E-state index contributed by atoms with van der Waals surface area (Å²) in [5.74, 6) is 1.44. The van der Waals surface area contributed by atoms with Crippen molar-refractivity contribution in [3.63, 3.8) is 0 Å². The zero-order chi connectivity index (χ0) is 14.8. The van der Waals surface area contributed by atoms with Gasteiger partial charge >= 0.3 is 0 Å². The van der Waals surface area contributed by atoms with Gasteiger partial charge in [-0.3, -0.25) is 0 Å². The van der Waals surface area contributed by atoms with Gasteiger partial charge in [0.15, 0.2) is 0 Å². The average molecular weight is 280 g/mol. The van der Waals surface area contributed by atoms with Gasteiger partial charge in [-0.2, -0.15) is 4.98 Å². The molecule has 2 aromatic heterocycles. The van der Waals surface area contributed by atoms with Crippen molar-refractivity contribution in [2.45, 2.75) is 19.8 Å². The average Bonchev–Trinajstić information content (AvgIpc) is 2.98. The number of hydrogen-bond donors (Lipinski definition) is 1. The lowest BCUT2D eigenvalue weighted by atomic mass is 10.0. The first-order chi connectivity index (χ1) is 10.1. The molecule has 106 valence electrons. The van der Waals surface area contributed by atoms with Gasteiger partial charge in [0.2, 0.25) is 5.82 Å². The van der Waals surface area contributed by atoms with E-state index in [4.69, 9.17) is 10.3 Å². The van der Waals surface area contributed by atoms with Gasteiger partial charge in [0.25, 0.3) is 5.89 Å². The summed E-state index contributed by atoms with van der Waals surface area (Å²) in [7, 11) is 0. The van der Waals surface area contributed by atoms with E-state index < -0.39 is 0 Å². The van der Waals surface area contributed by atoms with Crippen LogP contribution in [0.1, 0.15) is 25.3 Å². The number of pyridine rings is 1. The highest BCUT2D eigenvalue weighted by Crippen LogP contribution is 2.23. The molecule has 0 amide bonds. The maximum atomic E-state index is 5.61. The fraction of sp³-hybridized carbons (Fsp3) is 0.188. The van der Waals surface area contributed by atoms with Gasteiger partial charge in [0, 0.05) is 5.56 Å². The Labute approximate surface area is 122 Å². The second-order valence-electron chi connectivity index (χ2n) is 5.18.